The summed E-state index contributed by atoms with van der Waals surface area (Å²) >= 11 is 1.64. The molecule has 0 spiro atoms. The molecule has 0 N–H and O–H groups in total. The van der Waals surface area contributed by atoms with Crippen LogP contribution < -0.4 is 0 Å². The fraction of sp³-hybridized carbons (Fsp3) is 0.467. The minimum Gasteiger partial charge on any atom is -0.377 e. The van der Waals surface area contributed by atoms with Crippen LogP contribution in [0.15, 0.2) is 23.1 Å². The van der Waals surface area contributed by atoms with Crippen molar-refractivity contribution in [3.63, 3.8) is 0 Å². The molecule has 1 aliphatic heterocycles. The molecule has 1 aromatic heterocycles. The molecule has 1 saturated heterocycles. The minimum atomic E-state index is 0.138. The van der Waals surface area contributed by atoms with Crippen LogP contribution >= 0.6 is 11.3 Å². The molecule has 20 heavy (non-hydrogen) atoms. The Morgan fingerprint density at radius 1 is 1.55 bits per heavy atom. The third kappa shape index (κ3) is 2.55. The lowest BCUT2D eigenvalue weighted by Crippen LogP contribution is -2.47. The predicted octanol–water partition coefficient (Wildman–Crippen LogP) is 2.41. The van der Waals surface area contributed by atoms with Gasteiger partial charge in [-0.05, 0) is 31.9 Å². The van der Waals surface area contributed by atoms with Crippen LogP contribution in [0.25, 0.3) is 5.57 Å². The number of amides is 1. The van der Waals surface area contributed by atoms with Crippen molar-refractivity contribution in [1.82, 2.24) is 9.88 Å². The molecule has 1 unspecified atom stereocenters. The monoisotopic (exact) mass is 290 g/mol. The van der Waals surface area contributed by atoms with Crippen molar-refractivity contribution in [1.29, 1.82) is 0 Å². The van der Waals surface area contributed by atoms with E-state index in [0.29, 0.717) is 26.2 Å². The van der Waals surface area contributed by atoms with Gasteiger partial charge < -0.3 is 9.64 Å². The first-order valence-corrected chi connectivity index (χ1v) is 7.75. The largest absolute Gasteiger partial charge is 0.377 e. The quantitative estimate of drug-likeness (QED) is 0.840. The maximum atomic E-state index is 12.5. The first kappa shape index (κ1) is 13.5. The fourth-order valence-corrected chi connectivity index (χ4v) is 3.18. The summed E-state index contributed by atoms with van der Waals surface area (Å²) in [6, 6.07) is 0.155. The van der Waals surface area contributed by atoms with Crippen LogP contribution in [0.4, 0.5) is 0 Å². The van der Waals surface area contributed by atoms with Gasteiger partial charge in [-0.2, -0.15) is 0 Å². The molecule has 0 bridgehead atoms. The second kappa shape index (κ2) is 5.50. The van der Waals surface area contributed by atoms with E-state index in [0.717, 1.165) is 21.8 Å². The Bertz CT molecular complexity index is 588. The van der Waals surface area contributed by atoms with Gasteiger partial charge >= 0.3 is 0 Å². The Morgan fingerprint density at radius 2 is 2.40 bits per heavy atom. The van der Waals surface area contributed by atoms with E-state index >= 15 is 0 Å². The number of morpholine rings is 1. The standard InChI is InChI=1S/C15H18N2O2S/c1-10-8-19-6-5-17(10)15(18)13-4-3-12(7-13)14-9-20-11(2)16-14/h3,7,9-10H,4-6,8H2,1-2H3. The number of rotatable bonds is 2. The van der Waals surface area contributed by atoms with Gasteiger partial charge in [-0.3, -0.25) is 4.79 Å². The number of nitrogens with zero attached hydrogens (tertiary/aromatic N) is 2. The second-order valence-corrected chi connectivity index (χ2v) is 6.27. The van der Waals surface area contributed by atoms with Crippen molar-refractivity contribution in [3.05, 3.63) is 33.8 Å². The smallest absolute Gasteiger partial charge is 0.250 e. The SMILES string of the molecule is Cc1nc(C2=CCC(C(=O)N3CCOCC3C)=C2)cs1. The van der Waals surface area contributed by atoms with Crippen LogP contribution in [-0.2, 0) is 9.53 Å². The van der Waals surface area contributed by atoms with Gasteiger partial charge in [-0.1, -0.05) is 6.08 Å². The van der Waals surface area contributed by atoms with Gasteiger partial charge in [0.05, 0.1) is 30.0 Å². The number of aromatic nitrogens is 1. The van der Waals surface area contributed by atoms with E-state index < -0.39 is 0 Å². The van der Waals surface area contributed by atoms with Gasteiger partial charge in [0.2, 0.25) is 0 Å². The zero-order valence-electron chi connectivity index (χ0n) is 11.8. The van der Waals surface area contributed by atoms with Crippen molar-refractivity contribution < 1.29 is 9.53 Å². The molecule has 1 aromatic rings. The maximum Gasteiger partial charge on any atom is 0.250 e. The van der Waals surface area contributed by atoms with E-state index in [9.17, 15) is 4.79 Å². The number of thiazole rings is 1. The highest BCUT2D eigenvalue weighted by Crippen LogP contribution is 2.28. The molecule has 1 aliphatic carbocycles. The molecule has 1 fully saturated rings. The number of hydrogen-bond acceptors (Lipinski definition) is 4. The molecular weight excluding hydrogens is 272 g/mol. The molecule has 0 radical (unpaired) electrons. The summed E-state index contributed by atoms with van der Waals surface area (Å²) in [6.07, 6.45) is 4.78. The minimum absolute atomic E-state index is 0.138. The molecule has 1 amide bonds. The molecule has 2 aliphatic rings. The number of ether oxygens (including phenoxy) is 1. The molecule has 4 nitrogen and oxygen atoms in total. The third-order valence-corrected chi connectivity index (χ3v) is 4.46. The zero-order valence-corrected chi connectivity index (χ0v) is 12.6. The lowest BCUT2D eigenvalue weighted by molar-refractivity contribution is -0.134. The van der Waals surface area contributed by atoms with Gasteiger partial charge in [-0.15, -0.1) is 11.3 Å². The van der Waals surface area contributed by atoms with E-state index in [2.05, 4.69) is 11.1 Å². The summed E-state index contributed by atoms with van der Waals surface area (Å²) < 4.78 is 5.38. The Morgan fingerprint density at radius 3 is 3.10 bits per heavy atom. The molecule has 106 valence electrons. The summed E-state index contributed by atoms with van der Waals surface area (Å²) in [6.45, 7) is 5.97. The van der Waals surface area contributed by atoms with Gasteiger partial charge in [0, 0.05) is 17.5 Å². The molecule has 0 aromatic carbocycles. The summed E-state index contributed by atoms with van der Waals surface area (Å²) in [5.74, 6) is 0.138. The Labute approximate surface area is 122 Å². The third-order valence-electron chi connectivity index (χ3n) is 3.69. The number of hydrogen-bond donors (Lipinski definition) is 0. The van der Waals surface area contributed by atoms with Gasteiger partial charge in [0.1, 0.15) is 0 Å². The van der Waals surface area contributed by atoms with Crippen LogP contribution in [0.2, 0.25) is 0 Å². The Hall–Kier alpha value is -1.46. The topological polar surface area (TPSA) is 42.4 Å². The molecule has 3 rings (SSSR count). The summed E-state index contributed by atoms with van der Waals surface area (Å²) in [4.78, 5) is 18.9. The van der Waals surface area contributed by atoms with E-state index in [1.165, 1.54) is 0 Å². The van der Waals surface area contributed by atoms with Gasteiger partial charge in [0.25, 0.3) is 5.91 Å². The van der Waals surface area contributed by atoms with Crippen molar-refractivity contribution in [2.24, 2.45) is 0 Å². The molecule has 0 saturated carbocycles. The maximum absolute atomic E-state index is 12.5. The van der Waals surface area contributed by atoms with Crippen molar-refractivity contribution >= 4 is 22.8 Å². The van der Waals surface area contributed by atoms with Crippen LogP contribution in [0.1, 0.15) is 24.0 Å². The predicted molar refractivity (Wildman–Crippen MR) is 79.5 cm³/mol. The Balaban J connectivity index is 1.74. The highest BCUT2D eigenvalue weighted by molar-refractivity contribution is 7.09. The highest BCUT2D eigenvalue weighted by atomic mass is 32.1. The van der Waals surface area contributed by atoms with E-state index in [-0.39, 0.29) is 11.9 Å². The van der Waals surface area contributed by atoms with Crippen LogP contribution in [0.3, 0.4) is 0 Å². The summed E-state index contributed by atoms with van der Waals surface area (Å²) in [7, 11) is 0. The molecule has 5 heteroatoms. The molecule has 1 atom stereocenters. The number of carbonyl (C=O) groups is 1. The van der Waals surface area contributed by atoms with Crippen molar-refractivity contribution in [2.45, 2.75) is 26.3 Å². The number of carbonyl (C=O) groups excluding carboxylic acids is 1. The first-order valence-electron chi connectivity index (χ1n) is 6.87. The van der Waals surface area contributed by atoms with Gasteiger partial charge in [-0.25, -0.2) is 4.98 Å². The van der Waals surface area contributed by atoms with Crippen molar-refractivity contribution in [3.8, 4) is 0 Å². The Kier molecular flexibility index (Phi) is 3.72. The average Bonchev–Trinajstić information content (AvgIpc) is 3.07. The highest BCUT2D eigenvalue weighted by Gasteiger charge is 2.27. The normalized spacial score (nSPS) is 22.7. The second-order valence-electron chi connectivity index (χ2n) is 5.21. The van der Waals surface area contributed by atoms with Crippen LogP contribution in [0.5, 0.6) is 0 Å². The zero-order chi connectivity index (χ0) is 14.1. The molecular formula is C15H18N2O2S. The number of aryl methyl sites for hydroxylation is 1. The average molecular weight is 290 g/mol. The van der Waals surface area contributed by atoms with E-state index in [1.807, 2.05) is 30.2 Å². The number of allylic oxidation sites excluding steroid dienone is 3. The summed E-state index contributed by atoms with van der Waals surface area (Å²) in [5.41, 5.74) is 2.91. The van der Waals surface area contributed by atoms with E-state index in [4.69, 9.17) is 4.74 Å². The molecule has 2 heterocycles. The lowest BCUT2D eigenvalue weighted by atomic mass is 10.1. The van der Waals surface area contributed by atoms with Crippen LogP contribution in [-0.4, -0.2) is 41.6 Å². The first-order chi connectivity index (χ1) is 9.65. The van der Waals surface area contributed by atoms with Crippen LogP contribution in [0, 0.1) is 6.92 Å². The van der Waals surface area contributed by atoms with Gasteiger partial charge in [0.15, 0.2) is 0 Å². The van der Waals surface area contributed by atoms with Crippen molar-refractivity contribution in [2.75, 3.05) is 19.8 Å². The summed E-state index contributed by atoms with van der Waals surface area (Å²) in [5, 5.41) is 3.10. The van der Waals surface area contributed by atoms with E-state index in [1.54, 1.807) is 11.3 Å². The fourth-order valence-electron chi connectivity index (χ4n) is 2.56. The lowest BCUT2D eigenvalue weighted by Gasteiger charge is -2.33.